The molecule has 1 N–H and O–H groups in total. The molecule has 0 aliphatic heterocycles. The van der Waals surface area contributed by atoms with Crippen LogP contribution in [0.4, 0.5) is 5.82 Å². The second kappa shape index (κ2) is 8.97. The third-order valence-corrected chi connectivity index (χ3v) is 5.44. The van der Waals surface area contributed by atoms with Gasteiger partial charge in [0.15, 0.2) is 23.0 Å². The van der Waals surface area contributed by atoms with E-state index in [9.17, 15) is 4.79 Å². The maximum atomic E-state index is 13.2. The Balaban J connectivity index is 1.81. The fourth-order valence-electron chi connectivity index (χ4n) is 3.89. The summed E-state index contributed by atoms with van der Waals surface area (Å²) in [5.41, 5.74) is 3.12. The van der Waals surface area contributed by atoms with E-state index >= 15 is 0 Å². The van der Waals surface area contributed by atoms with Gasteiger partial charge in [-0.2, -0.15) is 5.10 Å². The molecule has 4 rings (SSSR count). The number of aromatic nitrogens is 3. The van der Waals surface area contributed by atoms with Gasteiger partial charge in [-0.3, -0.25) is 4.79 Å². The highest BCUT2D eigenvalue weighted by Crippen LogP contribution is 2.38. The Labute approximate surface area is 192 Å². The molecule has 2 aromatic carbocycles. The van der Waals surface area contributed by atoms with Crippen LogP contribution in [0, 0.1) is 12.8 Å². The number of aryl methyl sites for hydroxylation is 1. The number of nitrogens with zero attached hydrogens (tertiary/aromatic N) is 3. The van der Waals surface area contributed by atoms with E-state index in [0.29, 0.717) is 41.1 Å². The summed E-state index contributed by atoms with van der Waals surface area (Å²) in [5.74, 6) is 1.71. The first-order valence-electron chi connectivity index (χ1n) is 10.7. The number of anilines is 1. The number of amides is 1. The molecule has 8 nitrogen and oxygen atoms in total. The van der Waals surface area contributed by atoms with Gasteiger partial charge in [-0.15, -0.1) is 0 Å². The summed E-state index contributed by atoms with van der Waals surface area (Å²) >= 11 is 0. The molecule has 0 saturated carbocycles. The maximum Gasteiger partial charge on any atom is 0.257 e. The molecular weight excluding hydrogens is 420 g/mol. The van der Waals surface area contributed by atoms with Crippen molar-refractivity contribution in [3.05, 3.63) is 47.5 Å². The minimum absolute atomic E-state index is 0.338. The van der Waals surface area contributed by atoms with Crippen molar-refractivity contribution in [2.24, 2.45) is 5.92 Å². The van der Waals surface area contributed by atoms with Crippen molar-refractivity contribution in [2.75, 3.05) is 26.6 Å². The Morgan fingerprint density at radius 2 is 1.76 bits per heavy atom. The summed E-state index contributed by atoms with van der Waals surface area (Å²) in [5, 5.41) is 9.43. The first-order valence-corrected chi connectivity index (χ1v) is 10.7. The summed E-state index contributed by atoms with van der Waals surface area (Å²) in [6.45, 7) is 6.96. The van der Waals surface area contributed by atoms with Crippen LogP contribution in [-0.2, 0) is 6.54 Å². The Morgan fingerprint density at radius 1 is 1.06 bits per heavy atom. The number of pyridine rings is 1. The molecule has 33 heavy (non-hydrogen) atoms. The number of nitrogens with one attached hydrogen (secondary N) is 1. The summed E-state index contributed by atoms with van der Waals surface area (Å²) in [7, 11) is 4.55. The molecule has 0 fully saturated rings. The zero-order chi connectivity index (χ0) is 23.7. The molecule has 0 unspecified atom stereocenters. The molecule has 2 aromatic heterocycles. The smallest absolute Gasteiger partial charge is 0.257 e. The van der Waals surface area contributed by atoms with Gasteiger partial charge in [-0.25, -0.2) is 9.67 Å². The minimum atomic E-state index is -0.338. The van der Waals surface area contributed by atoms with Crippen LogP contribution in [0.25, 0.3) is 21.9 Å². The minimum Gasteiger partial charge on any atom is -0.493 e. The van der Waals surface area contributed by atoms with E-state index in [4.69, 9.17) is 24.3 Å². The number of carbonyl (C=O) groups excluding carboxylic acids is 1. The Hall–Kier alpha value is -3.81. The van der Waals surface area contributed by atoms with E-state index in [0.717, 1.165) is 27.5 Å². The van der Waals surface area contributed by atoms with Gasteiger partial charge in [0.2, 0.25) is 5.75 Å². The SMILES string of the molecule is COc1cc(C(=O)Nc2nn(CC(C)C)c3nc4c(C)cccc4cc23)cc(OC)c1OC. The lowest BCUT2D eigenvalue weighted by Crippen LogP contribution is -2.14. The zero-order valence-corrected chi connectivity index (χ0v) is 19.7. The highest BCUT2D eigenvalue weighted by atomic mass is 16.5. The molecule has 172 valence electrons. The topological polar surface area (TPSA) is 87.5 Å². The van der Waals surface area contributed by atoms with Crippen LogP contribution in [0.3, 0.4) is 0 Å². The number of ether oxygens (including phenoxy) is 3. The van der Waals surface area contributed by atoms with Crippen LogP contribution >= 0.6 is 0 Å². The third kappa shape index (κ3) is 4.16. The molecule has 1 amide bonds. The average molecular weight is 449 g/mol. The lowest BCUT2D eigenvalue weighted by Gasteiger charge is -2.13. The first kappa shape index (κ1) is 22.4. The quantitative estimate of drug-likeness (QED) is 0.436. The van der Waals surface area contributed by atoms with Gasteiger partial charge in [-0.1, -0.05) is 32.0 Å². The molecule has 8 heteroatoms. The summed E-state index contributed by atoms with van der Waals surface area (Å²) < 4.78 is 18.0. The Kier molecular flexibility index (Phi) is 6.09. The summed E-state index contributed by atoms with van der Waals surface area (Å²) in [6.07, 6.45) is 0. The molecule has 2 heterocycles. The predicted molar refractivity (Wildman–Crippen MR) is 129 cm³/mol. The van der Waals surface area contributed by atoms with Gasteiger partial charge in [-0.05, 0) is 36.6 Å². The van der Waals surface area contributed by atoms with Crippen molar-refractivity contribution in [1.82, 2.24) is 14.8 Å². The van der Waals surface area contributed by atoms with Crippen LogP contribution in [0.2, 0.25) is 0 Å². The van der Waals surface area contributed by atoms with Crippen molar-refractivity contribution in [3.63, 3.8) is 0 Å². The first-order chi connectivity index (χ1) is 15.9. The van der Waals surface area contributed by atoms with E-state index in [1.54, 1.807) is 12.1 Å². The largest absolute Gasteiger partial charge is 0.493 e. The lowest BCUT2D eigenvalue weighted by molar-refractivity contribution is 0.102. The molecule has 0 radical (unpaired) electrons. The van der Waals surface area contributed by atoms with E-state index < -0.39 is 0 Å². The number of hydrogen-bond acceptors (Lipinski definition) is 6. The van der Waals surface area contributed by atoms with Crippen LogP contribution < -0.4 is 19.5 Å². The second-order valence-electron chi connectivity index (χ2n) is 8.30. The Morgan fingerprint density at radius 3 is 2.36 bits per heavy atom. The monoisotopic (exact) mass is 448 g/mol. The number of benzene rings is 2. The number of para-hydroxylation sites is 1. The van der Waals surface area contributed by atoms with Crippen molar-refractivity contribution in [1.29, 1.82) is 0 Å². The van der Waals surface area contributed by atoms with Gasteiger partial charge in [0.1, 0.15) is 0 Å². The molecule has 0 spiro atoms. The van der Waals surface area contributed by atoms with E-state index in [1.807, 2.05) is 35.9 Å². The molecule has 0 atom stereocenters. The molecule has 0 aliphatic carbocycles. The number of fused-ring (bicyclic) bond motifs is 2. The van der Waals surface area contributed by atoms with Crippen LogP contribution in [0.5, 0.6) is 17.2 Å². The van der Waals surface area contributed by atoms with E-state index in [2.05, 4.69) is 19.2 Å². The number of rotatable bonds is 7. The molecular formula is C25H28N4O4. The molecule has 0 bridgehead atoms. The standard InChI is InChI=1S/C25H28N4O4/c1-14(2)13-29-24-18(10-16-9-7-8-15(3)21(16)26-24)23(28-29)27-25(30)17-11-19(31-4)22(33-6)20(12-17)32-5/h7-12,14H,13H2,1-6H3,(H,27,28,30). The van der Waals surface area contributed by atoms with Gasteiger partial charge in [0.05, 0.1) is 32.2 Å². The lowest BCUT2D eigenvalue weighted by atomic mass is 10.1. The summed E-state index contributed by atoms with van der Waals surface area (Å²) in [6, 6.07) is 11.3. The predicted octanol–water partition coefficient (Wildman–Crippen LogP) is 4.83. The fourth-order valence-corrected chi connectivity index (χ4v) is 3.89. The van der Waals surface area contributed by atoms with Crippen LogP contribution in [0.15, 0.2) is 36.4 Å². The normalized spacial score (nSPS) is 11.2. The second-order valence-corrected chi connectivity index (χ2v) is 8.30. The van der Waals surface area contributed by atoms with Crippen LogP contribution in [0.1, 0.15) is 29.8 Å². The average Bonchev–Trinajstić information content (AvgIpc) is 3.12. The van der Waals surface area contributed by atoms with Gasteiger partial charge in [0.25, 0.3) is 5.91 Å². The highest BCUT2D eigenvalue weighted by molar-refractivity contribution is 6.09. The number of methoxy groups -OCH3 is 3. The van der Waals surface area contributed by atoms with Crippen molar-refractivity contribution in [3.8, 4) is 17.2 Å². The number of carbonyl (C=O) groups is 1. The van der Waals surface area contributed by atoms with Crippen molar-refractivity contribution >= 4 is 33.7 Å². The van der Waals surface area contributed by atoms with Gasteiger partial charge < -0.3 is 19.5 Å². The Bertz CT molecular complexity index is 1320. The third-order valence-electron chi connectivity index (χ3n) is 5.44. The highest BCUT2D eigenvalue weighted by Gasteiger charge is 2.20. The van der Waals surface area contributed by atoms with Crippen molar-refractivity contribution in [2.45, 2.75) is 27.3 Å². The zero-order valence-electron chi connectivity index (χ0n) is 19.7. The fraction of sp³-hybridized carbons (Fsp3) is 0.320. The van der Waals surface area contributed by atoms with E-state index in [1.165, 1.54) is 21.3 Å². The molecule has 0 aliphatic rings. The number of hydrogen-bond donors (Lipinski definition) is 1. The molecule has 0 saturated heterocycles. The maximum absolute atomic E-state index is 13.2. The molecule has 4 aromatic rings. The van der Waals surface area contributed by atoms with Crippen LogP contribution in [-0.4, -0.2) is 42.0 Å². The van der Waals surface area contributed by atoms with Gasteiger partial charge in [0, 0.05) is 17.5 Å². The van der Waals surface area contributed by atoms with Gasteiger partial charge >= 0.3 is 0 Å². The van der Waals surface area contributed by atoms with E-state index in [-0.39, 0.29) is 5.91 Å². The summed E-state index contributed by atoms with van der Waals surface area (Å²) in [4.78, 5) is 18.1. The van der Waals surface area contributed by atoms with Crippen molar-refractivity contribution < 1.29 is 19.0 Å².